The van der Waals surface area contributed by atoms with Gasteiger partial charge in [-0.1, -0.05) is 24.3 Å². The maximum absolute atomic E-state index is 5.35. The molecule has 0 unspecified atom stereocenters. The number of rotatable bonds is 8. The Kier molecular flexibility index (Phi) is 7.54. The highest BCUT2D eigenvalue weighted by atomic mass is 16.3. The quantitative estimate of drug-likeness (QED) is 0.572. The van der Waals surface area contributed by atoms with Crippen LogP contribution in [0.5, 0.6) is 0 Å². The van der Waals surface area contributed by atoms with Crippen molar-refractivity contribution in [1.82, 2.24) is 15.5 Å². The van der Waals surface area contributed by atoms with Crippen LogP contribution in [-0.4, -0.2) is 37.5 Å². The summed E-state index contributed by atoms with van der Waals surface area (Å²) in [4.78, 5) is 6.64. The van der Waals surface area contributed by atoms with Gasteiger partial charge < -0.3 is 15.1 Å². The molecule has 5 heteroatoms. The first-order valence-corrected chi connectivity index (χ1v) is 8.84. The molecule has 0 aliphatic carbocycles. The Morgan fingerprint density at radius 2 is 1.88 bits per heavy atom. The molecule has 0 fully saturated rings. The van der Waals surface area contributed by atoms with Gasteiger partial charge in [-0.25, -0.2) is 0 Å². The first kappa shape index (κ1) is 19.1. The molecule has 2 aromatic rings. The molecule has 0 aliphatic rings. The van der Waals surface area contributed by atoms with Gasteiger partial charge in [0.1, 0.15) is 5.76 Å². The van der Waals surface area contributed by atoms with Gasteiger partial charge in [-0.05, 0) is 44.2 Å². The summed E-state index contributed by atoms with van der Waals surface area (Å²) in [6, 6.07) is 13.0. The number of hydrogen-bond donors (Lipinski definition) is 2. The van der Waals surface area contributed by atoms with Gasteiger partial charge >= 0.3 is 0 Å². The van der Waals surface area contributed by atoms with E-state index in [0.717, 1.165) is 37.8 Å². The standard InChI is InChI=1S/C20H30N4O/c1-16(2)24(4)15-18-9-6-5-8-17(18)14-23-20(21-3)22-12-11-19-10-7-13-25-19/h5-10,13,16H,11-12,14-15H2,1-4H3,(H2,21,22,23). The fourth-order valence-electron chi connectivity index (χ4n) is 2.49. The van der Waals surface area contributed by atoms with Crippen molar-refractivity contribution in [2.75, 3.05) is 20.6 Å². The average Bonchev–Trinajstić information content (AvgIpc) is 3.12. The molecule has 25 heavy (non-hydrogen) atoms. The van der Waals surface area contributed by atoms with E-state index in [0.29, 0.717) is 6.04 Å². The lowest BCUT2D eigenvalue weighted by Crippen LogP contribution is -2.38. The molecule has 2 N–H and O–H groups in total. The molecule has 0 aliphatic heterocycles. The third-order valence-corrected chi connectivity index (χ3v) is 4.33. The van der Waals surface area contributed by atoms with Gasteiger partial charge in [0.05, 0.1) is 6.26 Å². The fourth-order valence-corrected chi connectivity index (χ4v) is 2.49. The van der Waals surface area contributed by atoms with Crippen LogP contribution in [0, 0.1) is 0 Å². The fraction of sp³-hybridized carbons (Fsp3) is 0.450. The number of nitrogens with one attached hydrogen (secondary N) is 2. The van der Waals surface area contributed by atoms with E-state index < -0.39 is 0 Å². The lowest BCUT2D eigenvalue weighted by Gasteiger charge is -2.23. The van der Waals surface area contributed by atoms with Gasteiger partial charge in [0, 0.05) is 39.1 Å². The minimum absolute atomic E-state index is 0.525. The van der Waals surface area contributed by atoms with Crippen molar-refractivity contribution >= 4 is 5.96 Å². The van der Waals surface area contributed by atoms with Crippen LogP contribution in [0.25, 0.3) is 0 Å². The molecular weight excluding hydrogens is 312 g/mol. The Hall–Kier alpha value is -2.27. The lowest BCUT2D eigenvalue weighted by atomic mass is 10.1. The van der Waals surface area contributed by atoms with E-state index in [4.69, 9.17) is 4.42 Å². The van der Waals surface area contributed by atoms with Crippen LogP contribution in [0.4, 0.5) is 0 Å². The Morgan fingerprint density at radius 1 is 1.12 bits per heavy atom. The van der Waals surface area contributed by atoms with Crippen LogP contribution >= 0.6 is 0 Å². The molecule has 0 atom stereocenters. The van der Waals surface area contributed by atoms with E-state index in [1.165, 1.54) is 11.1 Å². The minimum Gasteiger partial charge on any atom is -0.469 e. The zero-order chi connectivity index (χ0) is 18.1. The Labute approximate surface area is 151 Å². The molecule has 2 rings (SSSR count). The second-order valence-electron chi connectivity index (χ2n) is 6.46. The first-order chi connectivity index (χ1) is 12.1. The number of nitrogens with zero attached hydrogens (tertiary/aromatic N) is 2. The van der Waals surface area contributed by atoms with Gasteiger partial charge in [0.15, 0.2) is 5.96 Å². The summed E-state index contributed by atoms with van der Waals surface area (Å²) in [5, 5.41) is 6.72. The second kappa shape index (κ2) is 9.89. The number of furan rings is 1. The molecule has 1 heterocycles. The molecule has 0 spiro atoms. The molecule has 5 nitrogen and oxygen atoms in total. The van der Waals surface area contributed by atoms with Gasteiger partial charge in [-0.3, -0.25) is 9.89 Å². The number of guanidine groups is 1. The van der Waals surface area contributed by atoms with Gasteiger partial charge in [0.25, 0.3) is 0 Å². The van der Waals surface area contributed by atoms with Crippen molar-refractivity contribution in [2.24, 2.45) is 4.99 Å². The second-order valence-corrected chi connectivity index (χ2v) is 6.46. The Balaban J connectivity index is 1.86. The summed E-state index contributed by atoms with van der Waals surface area (Å²) in [7, 11) is 3.95. The zero-order valence-corrected chi connectivity index (χ0v) is 15.7. The smallest absolute Gasteiger partial charge is 0.191 e. The Bertz CT molecular complexity index is 649. The van der Waals surface area contributed by atoms with Crippen LogP contribution < -0.4 is 10.6 Å². The highest BCUT2D eigenvalue weighted by molar-refractivity contribution is 5.79. The largest absolute Gasteiger partial charge is 0.469 e. The van der Waals surface area contributed by atoms with Crippen molar-refractivity contribution < 1.29 is 4.42 Å². The summed E-state index contributed by atoms with van der Waals surface area (Å²) in [5.74, 6) is 1.78. The van der Waals surface area contributed by atoms with E-state index in [2.05, 4.69) is 65.7 Å². The van der Waals surface area contributed by atoms with E-state index in [1.807, 2.05) is 12.1 Å². The monoisotopic (exact) mass is 342 g/mol. The van der Waals surface area contributed by atoms with E-state index in [1.54, 1.807) is 13.3 Å². The SMILES string of the molecule is CN=C(NCCc1ccco1)NCc1ccccc1CN(C)C(C)C. The Morgan fingerprint density at radius 3 is 2.52 bits per heavy atom. The van der Waals surface area contributed by atoms with Crippen LogP contribution in [-0.2, 0) is 19.5 Å². The third-order valence-electron chi connectivity index (χ3n) is 4.33. The first-order valence-electron chi connectivity index (χ1n) is 8.84. The van der Waals surface area contributed by atoms with E-state index in [-0.39, 0.29) is 0 Å². The van der Waals surface area contributed by atoms with Crippen LogP contribution in [0.2, 0.25) is 0 Å². The molecule has 0 bridgehead atoms. The number of benzene rings is 1. The molecule has 1 aromatic heterocycles. The van der Waals surface area contributed by atoms with Crippen LogP contribution in [0.15, 0.2) is 52.1 Å². The maximum Gasteiger partial charge on any atom is 0.191 e. The number of aliphatic imine (C=N–C) groups is 1. The summed E-state index contributed by atoms with van der Waals surface area (Å²) >= 11 is 0. The molecule has 0 saturated carbocycles. The van der Waals surface area contributed by atoms with Crippen molar-refractivity contribution in [3.63, 3.8) is 0 Å². The van der Waals surface area contributed by atoms with E-state index >= 15 is 0 Å². The van der Waals surface area contributed by atoms with Gasteiger partial charge in [0.2, 0.25) is 0 Å². The zero-order valence-electron chi connectivity index (χ0n) is 15.7. The third kappa shape index (κ3) is 6.27. The van der Waals surface area contributed by atoms with Gasteiger partial charge in [-0.15, -0.1) is 0 Å². The summed E-state index contributed by atoms with van der Waals surface area (Å²) in [6.07, 6.45) is 2.54. The predicted molar refractivity (Wildman–Crippen MR) is 104 cm³/mol. The van der Waals surface area contributed by atoms with Crippen molar-refractivity contribution in [3.05, 3.63) is 59.5 Å². The maximum atomic E-state index is 5.35. The molecule has 0 amide bonds. The lowest BCUT2D eigenvalue weighted by molar-refractivity contribution is 0.265. The van der Waals surface area contributed by atoms with Crippen LogP contribution in [0.3, 0.4) is 0 Å². The average molecular weight is 342 g/mol. The normalized spacial score (nSPS) is 12.0. The van der Waals surface area contributed by atoms with Crippen molar-refractivity contribution in [2.45, 2.75) is 39.4 Å². The summed E-state index contributed by atoms with van der Waals surface area (Å²) < 4.78 is 5.35. The van der Waals surface area contributed by atoms with Gasteiger partial charge in [-0.2, -0.15) is 0 Å². The van der Waals surface area contributed by atoms with Crippen molar-refractivity contribution in [1.29, 1.82) is 0 Å². The highest BCUT2D eigenvalue weighted by Crippen LogP contribution is 2.12. The number of hydrogen-bond acceptors (Lipinski definition) is 3. The van der Waals surface area contributed by atoms with E-state index in [9.17, 15) is 0 Å². The summed E-state index contributed by atoms with van der Waals surface area (Å²) in [6.45, 7) is 6.91. The van der Waals surface area contributed by atoms with Crippen LogP contribution in [0.1, 0.15) is 30.7 Å². The molecule has 0 radical (unpaired) electrons. The topological polar surface area (TPSA) is 52.8 Å². The highest BCUT2D eigenvalue weighted by Gasteiger charge is 2.08. The predicted octanol–water partition coefficient (Wildman–Crippen LogP) is 3.03. The minimum atomic E-state index is 0.525. The molecule has 0 saturated heterocycles. The molecular formula is C20H30N4O. The molecule has 136 valence electrons. The molecule has 1 aromatic carbocycles. The summed E-state index contributed by atoms with van der Waals surface area (Å²) in [5.41, 5.74) is 2.64. The van der Waals surface area contributed by atoms with Crippen molar-refractivity contribution in [3.8, 4) is 0 Å².